The predicted octanol–water partition coefficient (Wildman–Crippen LogP) is 39.2. The van der Waals surface area contributed by atoms with E-state index in [1.165, 1.54) is 232 Å². The third-order valence-electron chi connectivity index (χ3n) is 26.3. The number of halogens is 6. The molecule has 0 saturated carbocycles. The number of aryl methyl sites for hydroxylation is 9. The van der Waals surface area contributed by atoms with Crippen molar-refractivity contribution in [2.75, 3.05) is 6.61 Å². The summed E-state index contributed by atoms with van der Waals surface area (Å²) in [5.74, 6) is -2.01. The van der Waals surface area contributed by atoms with E-state index in [9.17, 15) is 26.3 Å². The first-order valence-electron chi connectivity index (χ1n) is 53.4. The maximum absolute atomic E-state index is 14.9. The second-order valence-electron chi connectivity index (χ2n) is 37.9. The molecule has 0 aliphatic heterocycles. The third kappa shape index (κ3) is 39.2. The molecule has 0 saturated heterocycles. The van der Waals surface area contributed by atoms with Crippen LogP contribution >= 0.6 is 0 Å². The molecule has 0 amide bonds. The minimum absolute atomic E-state index is 0.297. The zero-order chi connectivity index (χ0) is 98.8. The first-order valence-corrected chi connectivity index (χ1v) is 53.4. The Morgan fingerprint density at radius 1 is 0.194 bits per heavy atom. The summed E-state index contributed by atoms with van der Waals surface area (Å²) in [6.07, 6.45) is 60.5. The molecule has 740 valence electrons. The molecule has 13 aromatic rings. The highest BCUT2D eigenvalue weighted by Gasteiger charge is 2.20. The van der Waals surface area contributed by atoms with Crippen LogP contribution in [0.3, 0.4) is 0 Å². The average Bonchev–Trinajstić information content (AvgIpc) is 0.779. The Labute approximate surface area is 833 Å². The van der Waals surface area contributed by atoms with Crippen LogP contribution in [0.15, 0.2) is 255 Å². The number of benzene rings is 11. The van der Waals surface area contributed by atoms with E-state index in [1.54, 1.807) is 43.3 Å². The Hall–Kier alpha value is -11.0. The lowest BCUT2D eigenvalue weighted by Crippen LogP contribution is -1.97. The first kappa shape index (κ1) is 112. The molecule has 5 nitrogen and oxygen atoms in total. The molecule has 0 aliphatic carbocycles. The van der Waals surface area contributed by atoms with Gasteiger partial charge in [0.1, 0.15) is 5.75 Å². The topological polar surface area (TPSA) is 60.8 Å². The van der Waals surface area contributed by atoms with E-state index in [0.29, 0.717) is 62.1 Å². The van der Waals surface area contributed by atoms with Crippen LogP contribution in [0, 0.1) is 48.8 Å². The largest absolute Gasteiger partial charge is 0.494 e. The molecule has 0 N–H and O–H groups in total. The smallest absolute Gasteiger partial charge is 0.167 e. The highest BCUT2D eigenvalue weighted by Crippen LogP contribution is 2.36. The van der Waals surface area contributed by atoms with Crippen molar-refractivity contribution in [3.63, 3.8) is 0 Å². The molecular weight excluding hydrogens is 1720 g/mol. The Kier molecular flexibility index (Phi) is 52.2. The summed E-state index contributed by atoms with van der Waals surface area (Å²) in [7, 11) is 0. The van der Waals surface area contributed by atoms with Gasteiger partial charge in [-0.3, -0.25) is 0 Å². The molecule has 0 spiro atoms. The van der Waals surface area contributed by atoms with Crippen molar-refractivity contribution in [3.8, 4) is 95.3 Å². The number of hydrogen-bond acceptors (Lipinski definition) is 5. The van der Waals surface area contributed by atoms with E-state index in [0.717, 1.165) is 134 Å². The van der Waals surface area contributed by atoms with Gasteiger partial charge in [0.15, 0.2) is 46.6 Å². The average molecular weight is 1880 g/mol. The van der Waals surface area contributed by atoms with Crippen molar-refractivity contribution >= 4 is 0 Å². The van der Waals surface area contributed by atoms with Gasteiger partial charge in [-0.05, 0) is 223 Å². The Morgan fingerprint density at radius 2 is 0.424 bits per heavy atom. The van der Waals surface area contributed by atoms with Crippen LogP contribution in [0.4, 0.5) is 26.3 Å². The second-order valence-corrected chi connectivity index (χ2v) is 37.9. The number of hydrogen-bond donors (Lipinski definition) is 0. The fourth-order valence-corrected chi connectivity index (χ4v) is 17.4. The Bertz CT molecular complexity index is 5430. The zero-order valence-electron chi connectivity index (χ0n) is 85.8. The lowest BCUT2D eigenvalue weighted by molar-refractivity contribution is 0.304. The molecule has 2 heterocycles. The first-order chi connectivity index (χ1) is 68.0. The molecule has 11 heteroatoms. The highest BCUT2D eigenvalue weighted by molar-refractivity contribution is 5.75. The van der Waals surface area contributed by atoms with Crippen LogP contribution in [0.1, 0.15) is 337 Å². The summed E-state index contributed by atoms with van der Waals surface area (Å²) >= 11 is 0. The number of aromatic nitrogens is 4. The van der Waals surface area contributed by atoms with Crippen LogP contribution in [-0.2, 0) is 44.9 Å². The maximum atomic E-state index is 14.9. The van der Waals surface area contributed by atoms with E-state index in [1.807, 2.05) is 134 Å². The number of unbranched alkanes of at least 4 members (excludes halogenated alkanes) is 28. The Morgan fingerprint density at radius 3 is 0.763 bits per heavy atom. The van der Waals surface area contributed by atoms with Gasteiger partial charge in [-0.2, -0.15) is 0 Å². The maximum Gasteiger partial charge on any atom is 0.167 e. The minimum Gasteiger partial charge on any atom is -0.494 e. The van der Waals surface area contributed by atoms with Gasteiger partial charge in [-0.25, -0.2) is 46.3 Å². The normalized spacial score (nSPS) is 11.0. The quantitative estimate of drug-likeness (QED) is 0.0281. The third-order valence-corrected chi connectivity index (χ3v) is 26.3. The fraction of sp³-hybridized carbons (Fsp3) is 0.422. The van der Waals surface area contributed by atoms with Crippen LogP contribution in [0.5, 0.6) is 5.75 Å². The SMILES string of the molecule is CCCCCCCCCOc1ccc(-c2ncc(CCCCCCCCC)cn2)cc1.CCCCCCCCCc1cnc(-c2ccc(C)cc2)nc1.CCCCCc1ccc(-c2ccc(-c3ccc(C)c(F)c3F)cc2)cc1.CCCCCc1ccc(-c2ccc(-c3ccc(CCCCC)c(F)c3F)cc2)cc1.CCCCCc1ccc(-c2ccc(-c3ccc(CCCCC)cc3)c(F)c2F)cc1. The summed E-state index contributed by atoms with van der Waals surface area (Å²) in [5.41, 5.74) is 20.4. The molecule has 0 atom stereocenters. The molecule has 0 fully saturated rings. The zero-order valence-corrected chi connectivity index (χ0v) is 85.8. The minimum atomic E-state index is -0.783. The lowest BCUT2D eigenvalue weighted by atomic mass is 9.96. The van der Waals surface area contributed by atoms with Crippen LogP contribution < -0.4 is 4.74 Å². The van der Waals surface area contributed by atoms with Crippen molar-refractivity contribution < 1.29 is 31.1 Å². The van der Waals surface area contributed by atoms with Gasteiger partial charge in [0.2, 0.25) is 0 Å². The lowest BCUT2D eigenvalue weighted by Gasteiger charge is -2.11. The van der Waals surface area contributed by atoms with Gasteiger partial charge in [0.05, 0.1) is 6.61 Å². The molecule has 0 radical (unpaired) electrons. The summed E-state index contributed by atoms with van der Waals surface area (Å²) in [6, 6.07) is 74.8. The van der Waals surface area contributed by atoms with E-state index in [-0.39, 0.29) is 0 Å². The van der Waals surface area contributed by atoms with Gasteiger partial charge in [0.25, 0.3) is 0 Å². The summed E-state index contributed by atoms with van der Waals surface area (Å²) < 4.78 is 92.8. The standard InChI is InChI=1S/2C28H32F2.C28H44N2O.C24H24F2.C20H28N2/c1-3-5-7-9-21-11-15-23(16-12-21)25-19-20-26(28(30)27(25)29)24-17-13-22(14-18-24)10-8-6-4-2;1-3-5-7-9-21-11-13-22(14-12-21)23-15-17-24(18-16-23)26-20-19-25(10-8-6-4-2)27(29)28(26)30;1-3-5-7-9-11-13-15-17-25-23-29-28(30-24-25)26-18-20-27(21-19-26)31-22-16-14-12-10-8-6-4-2;1-3-4-5-6-18-8-10-19(11-9-18)20-12-14-21(15-13-20)22-16-7-17(2)23(25)24(22)26;1-3-4-5-6-7-8-9-10-18-15-21-20(22-16-18)19-13-11-17(2)12-14-19/h2*11-20H,3-10H2,1-2H3;18-21,23-24H,3-17,22H2,1-2H3;7-16H,3-6H2,1-2H3;11-16H,3-10H2,1-2H3. The molecule has 0 aliphatic rings. The van der Waals surface area contributed by atoms with Crippen molar-refractivity contribution in [1.82, 2.24) is 19.9 Å². The molecule has 139 heavy (non-hydrogen) atoms. The van der Waals surface area contributed by atoms with E-state index < -0.39 is 34.9 Å². The molecule has 11 aromatic carbocycles. The van der Waals surface area contributed by atoms with Crippen molar-refractivity contribution in [1.29, 1.82) is 0 Å². The summed E-state index contributed by atoms with van der Waals surface area (Å²) in [6.45, 7) is 22.2. The van der Waals surface area contributed by atoms with Crippen LogP contribution in [0.25, 0.3) is 89.5 Å². The molecular formula is C128H160F6N4O. The summed E-state index contributed by atoms with van der Waals surface area (Å²) in [5, 5.41) is 0. The second kappa shape index (κ2) is 65.1. The highest BCUT2D eigenvalue weighted by atomic mass is 19.2. The van der Waals surface area contributed by atoms with Crippen LogP contribution in [0.2, 0.25) is 0 Å². The number of rotatable bonds is 53. The van der Waals surface area contributed by atoms with Gasteiger partial charge < -0.3 is 4.74 Å². The molecule has 13 rings (SSSR count). The van der Waals surface area contributed by atoms with Crippen molar-refractivity contribution in [3.05, 3.63) is 340 Å². The molecule has 0 unspecified atom stereocenters. The van der Waals surface area contributed by atoms with Gasteiger partial charge >= 0.3 is 0 Å². The Balaban J connectivity index is 0.000000195. The van der Waals surface area contributed by atoms with Gasteiger partial charge in [0, 0.05) is 58.2 Å². The number of ether oxygens (including phenoxy) is 1. The monoisotopic (exact) mass is 1880 g/mol. The van der Waals surface area contributed by atoms with E-state index in [4.69, 9.17) is 4.74 Å². The van der Waals surface area contributed by atoms with Gasteiger partial charge in [-0.1, -0.05) is 447 Å². The van der Waals surface area contributed by atoms with Gasteiger partial charge in [-0.15, -0.1) is 0 Å². The van der Waals surface area contributed by atoms with E-state index >= 15 is 0 Å². The predicted molar refractivity (Wildman–Crippen MR) is 579 cm³/mol. The number of nitrogens with zero attached hydrogens (tertiary/aromatic N) is 4. The van der Waals surface area contributed by atoms with E-state index in [2.05, 4.69) is 167 Å². The van der Waals surface area contributed by atoms with Crippen LogP contribution in [-0.4, -0.2) is 26.5 Å². The van der Waals surface area contributed by atoms with Crippen molar-refractivity contribution in [2.45, 2.75) is 345 Å². The summed E-state index contributed by atoms with van der Waals surface area (Å²) in [4.78, 5) is 18.2. The molecule has 2 aromatic heterocycles. The van der Waals surface area contributed by atoms with Crippen molar-refractivity contribution in [2.24, 2.45) is 0 Å². The fourth-order valence-electron chi connectivity index (χ4n) is 17.4. The molecule has 0 bridgehead atoms.